The maximum atomic E-state index is 12.9. The van der Waals surface area contributed by atoms with Gasteiger partial charge in [0.1, 0.15) is 5.76 Å². The van der Waals surface area contributed by atoms with E-state index in [0.29, 0.717) is 30.2 Å². The van der Waals surface area contributed by atoms with Gasteiger partial charge < -0.3 is 24.4 Å². The average Bonchev–Trinajstić information content (AvgIpc) is 3.29. The number of aliphatic hydroxyl groups is 1. The number of carbonyl (C=O) groups excluding carboxylic acids is 2. The molecule has 1 atom stereocenters. The van der Waals surface area contributed by atoms with Crippen LogP contribution in [0.15, 0.2) is 54.1 Å². The second kappa shape index (κ2) is 7.60. The molecule has 7 nitrogen and oxygen atoms in total. The summed E-state index contributed by atoms with van der Waals surface area (Å²) in [7, 11) is 3.81. The fraction of sp³-hybridized carbons (Fsp3) is 0.273. The van der Waals surface area contributed by atoms with Gasteiger partial charge in [-0.05, 0) is 37.9 Å². The van der Waals surface area contributed by atoms with Crippen LogP contribution in [0, 0.1) is 0 Å². The lowest BCUT2D eigenvalue weighted by Gasteiger charge is -2.26. The summed E-state index contributed by atoms with van der Waals surface area (Å²) in [4.78, 5) is 29.2. The SMILES string of the molecule is CN(C)CCN1C(=O)C(=O)C(=C(O)c2ccc3c(c2)OCO3)C1c1ccccc1. The van der Waals surface area contributed by atoms with Crippen molar-refractivity contribution in [3.63, 3.8) is 0 Å². The average molecular weight is 394 g/mol. The molecule has 29 heavy (non-hydrogen) atoms. The third-order valence-electron chi connectivity index (χ3n) is 5.09. The second-order valence-corrected chi connectivity index (χ2v) is 7.27. The highest BCUT2D eigenvalue weighted by Crippen LogP contribution is 2.41. The minimum atomic E-state index is -0.687. The number of Topliss-reactive ketones (excluding diaryl/α,β-unsaturated/α-hetero) is 1. The Balaban J connectivity index is 1.81. The van der Waals surface area contributed by atoms with Crippen molar-refractivity contribution in [1.29, 1.82) is 0 Å². The summed E-state index contributed by atoms with van der Waals surface area (Å²) >= 11 is 0. The monoisotopic (exact) mass is 394 g/mol. The number of amides is 1. The zero-order chi connectivity index (χ0) is 20.5. The first kappa shape index (κ1) is 19.0. The Bertz CT molecular complexity index is 984. The molecule has 2 aliphatic heterocycles. The molecule has 0 aliphatic carbocycles. The van der Waals surface area contributed by atoms with Gasteiger partial charge in [-0.15, -0.1) is 0 Å². The predicted molar refractivity (Wildman–Crippen MR) is 107 cm³/mol. The number of rotatable bonds is 5. The molecule has 0 saturated carbocycles. The molecule has 0 radical (unpaired) electrons. The Morgan fingerprint density at radius 2 is 1.83 bits per heavy atom. The number of aliphatic hydroxyl groups excluding tert-OH is 1. The highest BCUT2D eigenvalue weighted by molar-refractivity contribution is 6.46. The van der Waals surface area contributed by atoms with Crippen LogP contribution in [0.4, 0.5) is 0 Å². The van der Waals surface area contributed by atoms with Crippen molar-refractivity contribution in [1.82, 2.24) is 9.80 Å². The maximum absolute atomic E-state index is 12.9. The minimum Gasteiger partial charge on any atom is -0.507 e. The van der Waals surface area contributed by atoms with Crippen molar-refractivity contribution >= 4 is 17.4 Å². The lowest BCUT2D eigenvalue weighted by Crippen LogP contribution is -2.35. The molecule has 4 rings (SSSR count). The van der Waals surface area contributed by atoms with E-state index in [1.807, 2.05) is 49.3 Å². The lowest BCUT2D eigenvalue weighted by atomic mass is 9.95. The van der Waals surface area contributed by atoms with E-state index in [4.69, 9.17) is 9.47 Å². The van der Waals surface area contributed by atoms with E-state index >= 15 is 0 Å². The molecule has 0 spiro atoms. The predicted octanol–water partition coefficient (Wildman–Crippen LogP) is 2.40. The third kappa shape index (κ3) is 3.45. The van der Waals surface area contributed by atoms with Gasteiger partial charge in [-0.1, -0.05) is 30.3 Å². The van der Waals surface area contributed by atoms with Gasteiger partial charge in [0.15, 0.2) is 11.5 Å². The molecular weight excluding hydrogens is 372 g/mol. The largest absolute Gasteiger partial charge is 0.507 e. The van der Waals surface area contributed by atoms with Crippen LogP contribution in [-0.2, 0) is 9.59 Å². The number of likely N-dealkylation sites (N-methyl/N-ethyl adjacent to an activating group) is 1. The number of hydrogen-bond acceptors (Lipinski definition) is 6. The Morgan fingerprint density at radius 3 is 2.55 bits per heavy atom. The number of hydrogen-bond donors (Lipinski definition) is 1. The van der Waals surface area contributed by atoms with Gasteiger partial charge in [-0.3, -0.25) is 9.59 Å². The zero-order valence-corrected chi connectivity index (χ0v) is 16.3. The first-order valence-electron chi connectivity index (χ1n) is 9.35. The third-order valence-corrected chi connectivity index (χ3v) is 5.09. The van der Waals surface area contributed by atoms with Crippen molar-refractivity contribution in [3.8, 4) is 11.5 Å². The van der Waals surface area contributed by atoms with Crippen LogP contribution in [0.3, 0.4) is 0 Å². The van der Waals surface area contributed by atoms with E-state index in [9.17, 15) is 14.7 Å². The maximum Gasteiger partial charge on any atom is 0.295 e. The first-order chi connectivity index (χ1) is 14.0. The van der Waals surface area contributed by atoms with E-state index in [2.05, 4.69) is 0 Å². The Labute approximate surface area is 168 Å². The molecule has 2 aromatic carbocycles. The van der Waals surface area contributed by atoms with Crippen LogP contribution in [0.25, 0.3) is 5.76 Å². The number of ketones is 1. The molecule has 150 valence electrons. The van der Waals surface area contributed by atoms with Crippen molar-refractivity contribution in [2.75, 3.05) is 34.0 Å². The molecule has 1 amide bonds. The van der Waals surface area contributed by atoms with Gasteiger partial charge in [-0.25, -0.2) is 0 Å². The molecule has 0 bridgehead atoms. The quantitative estimate of drug-likeness (QED) is 0.477. The van der Waals surface area contributed by atoms with E-state index in [-0.39, 0.29) is 18.1 Å². The number of fused-ring (bicyclic) bond motifs is 1. The van der Waals surface area contributed by atoms with Gasteiger partial charge in [0.05, 0.1) is 11.6 Å². The number of likely N-dealkylation sites (tertiary alicyclic amines) is 1. The summed E-state index contributed by atoms with van der Waals surface area (Å²) in [6, 6.07) is 13.6. The standard InChI is InChI=1S/C22H22N2O5/c1-23(2)10-11-24-19(14-6-4-3-5-7-14)18(21(26)22(24)27)20(25)15-8-9-16-17(12-15)29-13-28-16/h3-9,12,19,25H,10-11,13H2,1-2H3. The van der Waals surface area contributed by atoms with Crippen molar-refractivity contribution in [2.24, 2.45) is 0 Å². The first-order valence-corrected chi connectivity index (χ1v) is 9.35. The number of nitrogens with zero attached hydrogens (tertiary/aromatic N) is 2. The fourth-order valence-electron chi connectivity index (χ4n) is 3.60. The van der Waals surface area contributed by atoms with Gasteiger partial charge in [-0.2, -0.15) is 0 Å². The van der Waals surface area contributed by atoms with E-state index in [1.54, 1.807) is 18.2 Å². The van der Waals surface area contributed by atoms with Gasteiger partial charge >= 0.3 is 0 Å². The van der Waals surface area contributed by atoms with Crippen molar-refractivity contribution in [2.45, 2.75) is 6.04 Å². The molecular formula is C22H22N2O5. The van der Waals surface area contributed by atoms with Crippen molar-refractivity contribution < 1.29 is 24.2 Å². The molecule has 0 aromatic heterocycles. The smallest absolute Gasteiger partial charge is 0.295 e. The Morgan fingerprint density at radius 1 is 1.10 bits per heavy atom. The number of benzene rings is 2. The highest BCUT2D eigenvalue weighted by Gasteiger charge is 2.45. The molecule has 1 fully saturated rings. The lowest BCUT2D eigenvalue weighted by molar-refractivity contribution is -0.140. The molecule has 7 heteroatoms. The molecule has 1 saturated heterocycles. The van der Waals surface area contributed by atoms with Crippen LogP contribution < -0.4 is 9.47 Å². The van der Waals surface area contributed by atoms with Crippen LogP contribution in [-0.4, -0.2) is 60.6 Å². The topological polar surface area (TPSA) is 79.3 Å². The Kier molecular flexibility index (Phi) is 4.98. The van der Waals surface area contributed by atoms with Crippen LogP contribution in [0.5, 0.6) is 11.5 Å². The summed E-state index contributed by atoms with van der Waals surface area (Å²) < 4.78 is 10.7. The van der Waals surface area contributed by atoms with Crippen molar-refractivity contribution in [3.05, 3.63) is 65.2 Å². The zero-order valence-electron chi connectivity index (χ0n) is 16.3. The normalized spacial score (nSPS) is 20.0. The molecule has 2 heterocycles. The van der Waals surface area contributed by atoms with E-state index in [0.717, 1.165) is 5.56 Å². The minimum absolute atomic E-state index is 0.0822. The van der Waals surface area contributed by atoms with Gasteiger partial charge in [0.2, 0.25) is 6.79 Å². The van der Waals surface area contributed by atoms with Crippen LogP contribution in [0.2, 0.25) is 0 Å². The van der Waals surface area contributed by atoms with Gasteiger partial charge in [0.25, 0.3) is 11.7 Å². The number of carbonyl (C=O) groups is 2. The summed E-state index contributed by atoms with van der Waals surface area (Å²) in [6.07, 6.45) is 0. The molecule has 1 N–H and O–H groups in total. The summed E-state index contributed by atoms with van der Waals surface area (Å²) in [5.41, 5.74) is 1.26. The summed E-state index contributed by atoms with van der Waals surface area (Å²) in [6.45, 7) is 1.08. The molecule has 1 unspecified atom stereocenters. The fourth-order valence-corrected chi connectivity index (χ4v) is 3.60. The Hall–Kier alpha value is -3.32. The van der Waals surface area contributed by atoms with Crippen LogP contribution >= 0.6 is 0 Å². The van der Waals surface area contributed by atoms with Crippen LogP contribution in [0.1, 0.15) is 17.2 Å². The summed E-state index contributed by atoms with van der Waals surface area (Å²) in [5.74, 6) is -0.446. The molecule has 2 aliphatic rings. The summed E-state index contributed by atoms with van der Waals surface area (Å²) in [5, 5.41) is 11.0. The molecule has 2 aromatic rings. The van der Waals surface area contributed by atoms with E-state index < -0.39 is 17.7 Å². The van der Waals surface area contributed by atoms with Gasteiger partial charge in [0, 0.05) is 18.7 Å². The highest BCUT2D eigenvalue weighted by atomic mass is 16.7. The number of ether oxygens (including phenoxy) is 2. The van der Waals surface area contributed by atoms with E-state index in [1.165, 1.54) is 4.90 Å². The second-order valence-electron chi connectivity index (χ2n) is 7.27.